The van der Waals surface area contributed by atoms with E-state index in [0.717, 1.165) is 6.26 Å². The number of benzene rings is 2. The summed E-state index contributed by atoms with van der Waals surface area (Å²) in [5.74, 6) is 0. The fourth-order valence-electron chi connectivity index (χ4n) is 1.67. The number of nitrogens with one attached hydrogen (secondary N) is 1. The molecule has 0 amide bonds. The molecule has 0 aliphatic heterocycles. The van der Waals surface area contributed by atoms with Crippen molar-refractivity contribution >= 4 is 50.1 Å². The molecule has 0 unspecified atom stereocenters. The zero-order valence-corrected chi connectivity index (χ0v) is 12.9. The molecular weight excluding hydrogens is 319 g/mol. The standard InChI is InChI=1S/C13H12Cl2N2O2S/c1-20(18,19)11-2-3-13(12(16)7-11)17-10-5-8(14)4-9(15)6-10/h2-7,17H,16H2,1H3. The van der Waals surface area contributed by atoms with Crippen molar-refractivity contribution in [3.8, 4) is 0 Å². The number of halogens is 2. The van der Waals surface area contributed by atoms with Gasteiger partial charge in [-0.2, -0.15) is 0 Å². The van der Waals surface area contributed by atoms with Crippen LogP contribution in [-0.2, 0) is 9.84 Å². The third-order valence-electron chi connectivity index (χ3n) is 2.59. The average Bonchev–Trinajstić information content (AvgIpc) is 2.29. The van der Waals surface area contributed by atoms with E-state index in [1.54, 1.807) is 24.3 Å². The summed E-state index contributed by atoms with van der Waals surface area (Å²) in [6, 6.07) is 9.49. The van der Waals surface area contributed by atoms with E-state index < -0.39 is 9.84 Å². The van der Waals surface area contributed by atoms with Crippen molar-refractivity contribution in [2.45, 2.75) is 4.90 Å². The molecule has 0 aliphatic rings. The van der Waals surface area contributed by atoms with E-state index in [4.69, 9.17) is 28.9 Å². The molecule has 2 aromatic carbocycles. The topological polar surface area (TPSA) is 72.2 Å². The highest BCUT2D eigenvalue weighted by atomic mass is 35.5. The second-order valence-electron chi connectivity index (χ2n) is 4.30. The van der Waals surface area contributed by atoms with Gasteiger partial charge in [-0.05, 0) is 36.4 Å². The number of nitrogens with two attached hydrogens (primary N) is 1. The number of hydrogen-bond acceptors (Lipinski definition) is 4. The van der Waals surface area contributed by atoms with E-state index in [1.807, 2.05) is 0 Å². The highest BCUT2D eigenvalue weighted by Gasteiger charge is 2.10. The number of sulfone groups is 1. The maximum atomic E-state index is 11.4. The van der Waals surface area contributed by atoms with Gasteiger partial charge in [-0.15, -0.1) is 0 Å². The van der Waals surface area contributed by atoms with Crippen LogP contribution in [-0.4, -0.2) is 14.7 Å². The van der Waals surface area contributed by atoms with E-state index in [0.29, 0.717) is 27.1 Å². The van der Waals surface area contributed by atoms with Crippen molar-refractivity contribution < 1.29 is 8.42 Å². The van der Waals surface area contributed by atoms with Gasteiger partial charge in [-0.3, -0.25) is 0 Å². The third kappa shape index (κ3) is 3.56. The minimum Gasteiger partial charge on any atom is -0.397 e. The lowest BCUT2D eigenvalue weighted by atomic mass is 10.2. The summed E-state index contributed by atoms with van der Waals surface area (Å²) in [6.45, 7) is 0. The Balaban J connectivity index is 2.35. The second-order valence-corrected chi connectivity index (χ2v) is 7.19. The zero-order chi connectivity index (χ0) is 14.9. The summed E-state index contributed by atoms with van der Waals surface area (Å²) in [6.07, 6.45) is 1.13. The summed E-state index contributed by atoms with van der Waals surface area (Å²) < 4.78 is 22.9. The average molecular weight is 331 g/mol. The largest absolute Gasteiger partial charge is 0.397 e. The van der Waals surface area contributed by atoms with Gasteiger partial charge in [0, 0.05) is 22.0 Å². The predicted octanol–water partition coefficient (Wildman–Crippen LogP) is 3.72. The molecule has 2 aromatic rings. The van der Waals surface area contributed by atoms with E-state index in [1.165, 1.54) is 12.1 Å². The number of nitrogen functional groups attached to an aromatic ring is 1. The van der Waals surface area contributed by atoms with Crippen LogP contribution in [0.5, 0.6) is 0 Å². The monoisotopic (exact) mass is 330 g/mol. The molecular formula is C13H12Cl2N2O2S. The van der Waals surface area contributed by atoms with E-state index >= 15 is 0 Å². The van der Waals surface area contributed by atoms with Gasteiger partial charge < -0.3 is 11.1 Å². The summed E-state index contributed by atoms with van der Waals surface area (Å²) in [5, 5.41) is 4.03. The van der Waals surface area contributed by atoms with Crippen LogP contribution in [0, 0.1) is 0 Å². The minimum absolute atomic E-state index is 0.171. The van der Waals surface area contributed by atoms with Gasteiger partial charge >= 0.3 is 0 Å². The molecule has 2 rings (SSSR count). The van der Waals surface area contributed by atoms with Crippen LogP contribution in [0.4, 0.5) is 17.1 Å². The van der Waals surface area contributed by atoms with Crippen LogP contribution >= 0.6 is 23.2 Å². The summed E-state index contributed by atoms with van der Waals surface area (Å²) in [7, 11) is -3.28. The molecule has 3 N–H and O–H groups in total. The smallest absolute Gasteiger partial charge is 0.175 e. The molecule has 20 heavy (non-hydrogen) atoms. The Morgan fingerprint density at radius 1 is 1.05 bits per heavy atom. The highest BCUT2D eigenvalue weighted by molar-refractivity contribution is 7.90. The molecule has 0 spiro atoms. The molecule has 4 nitrogen and oxygen atoms in total. The van der Waals surface area contributed by atoms with Crippen LogP contribution in [0.3, 0.4) is 0 Å². The summed E-state index contributed by atoms with van der Waals surface area (Å²) >= 11 is 11.8. The normalized spacial score (nSPS) is 11.3. The summed E-state index contributed by atoms with van der Waals surface area (Å²) in [5.41, 5.74) is 7.42. The molecule has 0 heterocycles. The van der Waals surface area contributed by atoms with Crippen molar-refractivity contribution in [3.63, 3.8) is 0 Å². The second kappa shape index (κ2) is 5.52. The van der Waals surface area contributed by atoms with E-state index in [9.17, 15) is 8.42 Å². The van der Waals surface area contributed by atoms with Gasteiger partial charge in [0.2, 0.25) is 0 Å². The van der Waals surface area contributed by atoms with Crippen LogP contribution < -0.4 is 11.1 Å². The molecule has 106 valence electrons. The maximum Gasteiger partial charge on any atom is 0.175 e. The molecule has 0 atom stereocenters. The van der Waals surface area contributed by atoms with E-state index in [2.05, 4.69) is 5.32 Å². The molecule has 0 saturated heterocycles. The fraction of sp³-hybridized carbons (Fsp3) is 0.0769. The van der Waals surface area contributed by atoms with Crippen molar-refractivity contribution in [2.75, 3.05) is 17.3 Å². The molecule has 0 radical (unpaired) electrons. The maximum absolute atomic E-state index is 11.4. The molecule has 0 aromatic heterocycles. The van der Waals surface area contributed by atoms with Crippen LogP contribution in [0.25, 0.3) is 0 Å². The lowest BCUT2D eigenvalue weighted by molar-refractivity contribution is 0.602. The quantitative estimate of drug-likeness (QED) is 0.841. The van der Waals surface area contributed by atoms with Crippen LogP contribution in [0.15, 0.2) is 41.3 Å². The molecule has 0 saturated carbocycles. The van der Waals surface area contributed by atoms with Gasteiger partial charge in [0.05, 0.1) is 16.3 Å². The predicted molar refractivity (Wildman–Crippen MR) is 83.7 cm³/mol. The zero-order valence-electron chi connectivity index (χ0n) is 10.5. The minimum atomic E-state index is -3.28. The molecule has 0 fully saturated rings. The number of rotatable bonds is 3. The Labute approximate surface area is 127 Å². The van der Waals surface area contributed by atoms with Crippen LogP contribution in [0.1, 0.15) is 0 Å². The van der Waals surface area contributed by atoms with Crippen molar-refractivity contribution in [1.82, 2.24) is 0 Å². The lowest BCUT2D eigenvalue weighted by Gasteiger charge is -2.11. The van der Waals surface area contributed by atoms with Crippen molar-refractivity contribution in [2.24, 2.45) is 0 Å². The first-order chi connectivity index (χ1) is 9.25. The first kappa shape index (κ1) is 15.0. The first-order valence-corrected chi connectivity index (χ1v) is 8.23. The van der Waals surface area contributed by atoms with Gasteiger partial charge in [0.15, 0.2) is 9.84 Å². The summed E-state index contributed by atoms with van der Waals surface area (Å²) in [4.78, 5) is 0.171. The Hall–Kier alpha value is -1.43. The highest BCUT2D eigenvalue weighted by Crippen LogP contribution is 2.29. The third-order valence-corrected chi connectivity index (χ3v) is 4.14. The Morgan fingerprint density at radius 3 is 2.15 bits per heavy atom. The fourth-order valence-corrected chi connectivity index (χ4v) is 2.85. The first-order valence-electron chi connectivity index (χ1n) is 5.58. The Kier molecular flexibility index (Phi) is 4.13. The van der Waals surface area contributed by atoms with Gasteiger partial charge in [-0.25, -0.2) is 8.42 Å². The van der Waals surface area contributed by atoms with Gasteiger partial charge in [0.25, 0.3) is 0 Å². The van der Waals surface area contributed by atoms with Crippen molar-refractivity contribution in [1.29, 1.82) is 0 Å². The molecule has 7 heteroatoms. The van der Waals surface area contributed by atoms with Gasteiger partial charge in [-0.1, -0.05) is 23.2 Å². The Morgan fingerprint density at radius 2 is 1.65 bits per heavy atom. The number of anilines is 3. The van der Waals surface area contributed by atoms with Gasteiger partial charge in [0.1, 0.15) is 0 Å². The SMILES string of the molecule is CS(=O)(=O)c1ccc(Nc2cc(Cl)cc(Cl)c2)c(N)c1. The molecule has 0 aliphatic carbocycles. The van der Waals surface area contributed by atoms with Crippen molar-refractivity contribution in [3.05, 3.63) is 46.4 Å². The lowest BCUT2D eigenvalue weighted by Crippen LogP contribution is -2.01. The van der Waals surface area contributed by atoms with Crippen LogP contribution in [0.2, 0.25) is 10.0 Å². The Bertz CT molecular complexity index is 741. The van der Waals surface area contributed by atoms with E-state index in [-0.39, 0.29) is 4.90 Å². The number of hydrogen-bond donors (Lipinski definition) is 2. The molecule has 0 bridgehead atoms.